The van der Waals surface area contributed by atoms with Gasteiger partial charge in [0.2, 0.25) is 5.95 Å². The Morgan fingerprint density at radius 2 is 2.29 bits per heavy atom. The quantitative estimate of drug-likeness (QED) is 0.680. The van der Waals surface area contributed by atoms with Gasteiger partial charge in [-0.25, -0.2) is 4.98 Å². The maximum Gasteiger partial charge on any atom is 0.205 e. The fourth-order valence-electron chi connectivity index (χ4n) is 1.48. The maximum absolute atomic E-state index is 5.68. The molecule has 3 nitrogen and oxygen atoms in total. The van der Waals surface area contributed by atoms with Crippen LogP contribution in [0.4, 0.5) is 5.95 Å². The van der Waals surface area contributed by atoms with Gasteiger partial charge in [0.15, 0.2) is 0 Å². The molecule has 0 amide bonds. The van der Waals surface area contributed by atoms with Crippen LogP contribution in [-0.4, -0.2) is 28.5 Å². The lowest BCUT2D eigenvalue weighted by Crippen LogP contribution is -2.27. The Kier molecular flexibility index (Phi) is 4.80. The first kappa shape index (κ1) is 11.4. The molecular weight excluding hydrogens is 198 g/mol. The summed E-state index contributed by atoms with van der Waals surface area (Å²) in [6, 6.07) is 0. The smallest absolute Gasteiger partial charge is 0.205 e. The van der Waals surface area contributed by atoms with Crippen LogP contribution in [0.5, 0.6) is 0 Å². The van der Waals surface area contributed by atoms with E-state index >= 15 is 0 Å². The molecule has 0 bridgehead atoms. The van der Waals surface area contributed by atoms with Gasteiger partial charge in [-0.1, -0.05) is 0 Å². The van der Waals surface area contributed by atoms with E-state index in [2.05, 4.69) is 28.3 Å². The fourth-order valence-corrected chi connectivity index (χ4v) is 1.60. The third kappa shape index (κ3) is 2.64. The molecule has 0 saturated carbocycles. The van der Waals surface area contributed by atoms with Crippen molar-refractivity contribution in [2.24, 2.45) is 0 Å². The van der Waals surface area contributed by atoms with Gasteiger partial charge >= 0.3 is 0 Å². The average Bonchev–Trinajstić information content (AvgIpc) is 2.67. The zero-order valence-electron chi connectivity index (χ0n) is 8.91. The minimum Gasteiger partial charge on any atom is -0.342 e. The van der Waals surface area contributed by atoms with E-state index in [1.165, 1.54) is 0 Å². The van der Waals surface area contributed by atoms with E-state index in [9.17, 15) is 0 Å². The highest BCUT2D eigenvalue weighted by molar-refractivity contribution is 6.17. The molecule has 0 unspecified atom stereocenters. The van der Waals surface area contributed by atoms with Crippen molar-refractivity contribution < 1.29 is 0 Å². The van der Waals surface area contributed by atoms with Gasteiger partial charge in [0, 0.05) is 37.9 Å². The van der Waals surface area contributed by atoms with Crippen molar-refractivity contribution in [3.63, 3.8) is 0 Å². The monoisotopic (exact) mass is 215 g/mol. The van der Waals surface area contributed by atoms with E-state index in [1.54, 1.807) is 0 Å². The Labute approximate surface area is 90.7 Å². The van der Waals surface area contributed by atoms with Gasteiger partial charge in [-0.3, -0.25) is 0 Å². The topological polar surface area (TPSA) is 21.1 Å². The number of aromatic nitrogens is 2. The summed E-state index contributed by atoms with van der Waals surface area (Å²) in [5.41, 5.74) is 0. The molecule has 0 aliphatic carbocycles. The fraction of sp³-hybridized carbons (Fsp3) is 0.700. The summed E-state index contributed by atoms with van der Waals surface area (Å²) in [4.78, 5) is 6.61. The van der Waals surface area contributed by atoms with Gasteiger partial charge < -0.3 is 9.47 Å². The van der Waals surface area contributed by atoms with E-state index < -0.39 is 0 Å². The van der Waals surface area contributed by atoms with E-state index in [1.807, 2.05) is 12.4 Å². The van der Waals surface area contributed by atoms with Crippen molar-refractivity contribution in [1.29, 1.82) is 0 Å². The second-order valence-electron chi connectivity index (χ2n) is 3.14. The van der Waals surface area contributed by atoms with Gasteiger partial charge in [0.25, 0.3) is 0 Å². The molecule has 0 N–H and O–H groups in total. The Hall–Kier alpha value is -0.700. The van der Waals surface area contributed by atoms with Gasteiger partial charge in [0.05, 0.1) is 0 Å². The molecule has 0 saturated heterocycles. The first-order chi connectivity index (χ1) is 6.83. The van der Waals surface area contributed by atoms with Crippen LogP contribution in [-0.2, 0) is 6.54 Å². The van der Waals surface area contributed by atoms with E-state index in [0.717, 1.165) is 32.0 Å². The third-order valence-corrected chi connectivity index (χ3v) is 2.53. The number of anilines is 1. The van der Waals surface area contributed by atoms with Crippen LogP contribution in [0.25, 0.3) is 0 Å². The summed E-state index contributed by atoms with van der Waals surface area (Å²) in [6.45, 7) is 7.20. The number of halogens is 1. The molecule has 0 aliphatic rings. The van der Waals surface area contributed by atoms with Gasteiger partial charge in [-0.05, 0) is 20.3 Å². The molecule has 0 fully saturated rings. The molecule has 1 heterocycles. The van der Waals surface area contributed by atoms with Crippen molar-refractivity contribution in [3.05, 3.63) is 12.4 Å². The average molecular weight is 216 g/mol. The standard InChI is InChI=1S/C10H18ClN3/c1-3-13(8-5-6-11)10-12-7-9-14(10)4-2/h7,9H,3-6,8H2,1-2H3. The lowest BCUT2D eigenvalue weighted by atomic mass is 10.4. The van der Waals surface area contributed by atoms with Crippen molar-refractivity contribution >= 4 is 17.5 Å². The van der Waals surface area contributed by atoms with Crippen molar-refractivity contribution in [1.82, 2.24) is 9.55 Å². The van der Waals surface area contributed by atoms with Crippen molar-refractivity contribution in [3.8, 4) is 0 Å². The Balaban J connectivity index is 2.67. The summed E-state index contributed by atoms with van der Waals surface area (Å²) in [5, 5.41) is 0. The molecule has 14 heavy (non-hydrogen) atoms. The number of imidazole rings is 1. The number of rotatable bonds is 6. The minimum atomic E-state index is 0.712. The maximum atomic E-state index is 5.68. The highest BCUT2D eigenvalue weighted by Crippen LogP contribution is 2.11. The summed E-state index contributed by atoms with van der Waals surface area (Å²) in [7, 11) is 0. The molecule has 1 aromatic heterocycles. The van der Waals surface area contributed by atoms with Crippen LogP contribution in [0, 0.1) is 0 Å². The molecular formula is C10H18ClN3. The normalized spacial score (nSPS) is 10.5. The highest BCUT2D eigenvalue weighted by Gasteiger charge is 2.08. The first-order valence-electron chi connectivity index (χ1n) is 5.15. The minimum absolute atomic E-state index is 0.712. The second-order valence-corrected chi connectivity index (χ2v) is 3.51. The van der Waals surface area contributed by atoms with Crippen LogP contribution in [0.15, 0.2) is 12.4 Å². The van der Waals surface area contributed by atoms with Crippen molar-refractivity contribution in [2.75, 3.05) is 23.9 Å². The van der Waals surface area contributed by atoms with E-state index in [0.29, 0.717) is 5.88 Å². The molecule has 0 spiro atoms. The molecule has 1 aromatic rings. The summed E-state index contributed by atoms with van der Waals surface area (Å²) < 4.78 is 2.15. The number of hydrogen-bond acceptors (Lipinski definition) is 2. The molecule has 4 heteroatoms. The molecule has 0 aromatic carbocycles. The predicted octanol–water partition coefficient (Wildman–Crippen LogP) is 2.36. The molecule has 0 aliphatic heterocycles. The van der Waals surface area contributed by atoms with Gasteiger partial charge in [-0.2, -0.15) is 0 Å². The number of aryl methyl sites for hydroxylation is 1. The molecule has 0 radical (unpaired) electrons. The lowest BCUT2D eigenvalue weighted by molar-refractivity contribution is 0.693. The van der Waals surface area contributed by atoms with Crippen LogP contribution in [0.2, 0.25) is 0 Å². The van der Waals surface area contributed by atoms with Crippen LogP contribution in [0.1, 0.15) is 20.3 Å². The zero-order valence-corrected chi connectivity index (χ0v) is 9.67. The lowest BCUT2D eigenvalue weighted by Gasteiger charge is -2.22. The first-order valence-corrected chi connectivity index (χ1v) is 5.69. The molecule has 0 atom stereocenters. The summed E-state index contributed by atoms with van der Waals surface area (Å²) >= 11 is 5.68. The number of alkyl halides is 1. The van der Waals surface area contributed by atoms with Crippen LogP contribution < -0.4 is 4.90 Å². The summed E-state index contributed by atoms with van der Waals surface area (Å²) in [5.74, 6) is 1.77. The van der Waals surface area contributed by atoms with Gasteiger partial charge in [0.1, 0.15) is 0 Å². The highest BCUT2D eigenvalue weighted by atomic mass is 35.5. The number of hydrogen-bond donors (Lipinski definition) is 0. The molecule has 1 rings (SSSR count). The Morgan fingerprint density at radius 3 is 2.86 bits per heavy atom. The van der Waals surface area contributed by atoms with Crippen LogP contribution >= 0.6 is 11.6 Å². The van der Waals surface area contributed by atoms with Gasteiger partial charge in [-0.15, -0.1) is 11.6 Å². The number of nitrogens with zero attached hydrogens (tertiary/aromatic N) is 3. The SMILES string of the molecule is CCN(CCCCl)c1nccn1CC. The van der Waals surface area contributed by atoms with E-state index in [-0.39, 0.29) is 0 Å². The predicted molar refractivity (Wildman–Crippen MR) is 61.1 cm³/mol. The Bertz CT molecular complexity index is 260. The second kappa shape index (κ2) is 5.91. The van der Waals surface area contributed by atoms with Crippen molar-refractivity contribution in [2.45, 2.75) is 26.8 Å². The largest absolute Gasteiger partial charge is 0.342 e. The third-order valence-electron chi connectivity index (χ3n) is 2.26. The Morgan fingerprint density at radius 1 is 1.50 bits per heavy atom. The summed E-state index contributed by atoms with van der Waals surface area (Å²) in [6.07, 6.45) is 4.87. The van der Waals surface area contributed by atoms with E-state index in [4.69, 9.17) is 11.6 Å². The molecule has 80 valence electrons. The zero-order chi connectivity index (χ0) is 10.4. The van der Waals surface area contributed by atoms with Crippen LogP contribution in [0.3, 0.4) is 0 Å².